The van der Waals surface area contributed by atoms with Gasteiger partial charge in [0.15, 0.2) is 5.17 Å². The molecule has 0 aliphatic carbocycles. The summed E-state index contributed by atoms with van der Waals surface area (Å²) in [6, 6.07) is 5.19. The number of hydrogen-bond donors (Lipinski definition) is 1. The Morgan fingerprint density at radius 3 is 2.61 bits per heavy atom. The van der Waals surface area contributed by atoms with Crippen molar-refractivity contribution in [2.75, 3.05) is 0 Å². The summed E-state index contributed by atoms with van der Waals surface area (Å²) in [4.78, 5) is 11.2. The second kappa shape index (κ2) is 5.73. The number of carbonyl (C=O) groups excluding carboxylic acids is 1. The molecule has 1 aromatic rings. The maximum absolute atomic E-state index is 11.2. The van der Waals surface area contributed by atoms with Gasteiger partial charge >= 0.3 is 0 Å². The molecular formula is C11H9Cl2N3OS. The lowest BCUT2D eigenvalue weighted by Gasteiger charge is -1.98. The van der Waals surface area contributed by atoms with E-state index in [9.17, 15) is 4.79 Å². The summed E-state index contributed by atoms with van der Waals surface area (Å²) in [6.07, 6.45) is 1.47. The van der Waals surface area contributed by atoms with E-state index in [4.69, 9.17) is 23.2 Å². The molecule has 1 aliphatic heterocycles. The van der Waals surface area contributed by atoms with E-state index < -0.39 is 0 Å². The molecule has 18 heavy (non-hydrogen) atoms. The lowest BCUT2D eigenvalue weighted by Crippen LogP contribution is -2.23. The second-order valence-corrected chi connectivity index (χ2v) is 5.68. The maximum Gasteiger partial charge on any atom is 0.239 e. The first-order valence-corrected chi connectivity index (χ1v) is 6.74. The zero-order chi connectivity index (χ0) is 13.1. The van der Waals surface area contributed by atoms with Crippen LogP contribution in [0.4, 0.5) is 0 Å². The molecule has 4 nitrogen and oxygen atoms in total. The van der Waals surface area contributed by atoms with Crippen molar-refractivity contribution in [3.8, 4) is 0 Å². The van der Waals surface area contributed by atoms with Crippen molar-refractivity contribution in [2.45, 2.75) is 12.2 Å². The number of amidine groups is 1. The number of nitrogens with zero attached hydrogens (tertiary/aromatic N) is 2. The van der Waals surface area contributed by atoms with Gasteiger partial charge in [-0.3, -0.25) is 4.79 Å². The van der Waals surface area contributed by atoms with Gasteiger partial charge < -0.3 is 5.32 Å². The molecule has 1 atom stereocenters. The zero-order valence-electron chi connectivity index (χ0n) is 9.35. The van der Waals surface area contributed by atoms with Crippen LogP contribution in [-0.4, -0.2) is 22.5 Å². The highest BCUT2D eigenvalue weighted by atomic mass is 35.5. The molecule has 0 aromatic heterocycles. The first kappa shape index (κ1) is 13.4. The van der Waals surface area contributed by atoms with Crippen LogP contribution in [0.3, 0.4) is 0 Å². The number of carbonyl (C=O) groups is 1. The Labute approximate surface area is 118 Å². The number of hydrogen-bond acceptors (Lipinski definition) is 4. The van der Waals surface area contributed by atoms with Gasteiger partial charge in [0.05, 0.1) is 21.5 Å². The van der Waals surface area contributed by atoms with Gasteiger partial charge in [-0.05, 0) is 19.1 Å². The molecule has 1 aromatic carbocycles. The molecule has 0 saturated carbocycles. The summed E-state index contributed by atoms with van der Waals surface area (Å²) in [7, 11) is 0. The molecular weight excluding hydrogens is 293 g/mol. The summed E-state index contributed by atoms with van der Waals surface area (Å²) in [5, 5.41) is 11.7. The van der Waals surface area contributed by atoms with Gasteiger partial charge in [-0.2, -0.15) is 5.10 Å². The van der Waals surface area contributed by atoms with E-state index in [1.54, 1.807) is 25.1 Å². The van der Waals surface area contributed by atoms with Crippen molar-refractivity contribution < 1.29 is 4.79 Å². The van der Waals surface area contributed by atoms with Crippen LogP contribution in [0.5, 0.6) is 0 Å². The van der Waals surface area contributed by atoms with Crippen LogP contribution < -0.4 is 5.32 Å². The largest absolute Gasteiger partial charge is 0.303 e. The summed E-state index contributed by atoms with van der Waals surface area (Å²) >= 11 is 13.3. The first-order valence-electron chi connectivity index (χ1n) is 5.10. The van der Waals surface area contributed by atoms with E-state index in [0.29, 0.717) is 20.8 Å². The Morgan fingerprint density at radius 2 is 2.06 bits per heavy atom. The monoisotopic (exact) mass is 301 g/mol. The number of thioether (sulfide) groups is 1. The summed E-state index contributed by atoms with van der Waals surface area (Å²) in [5.74, 6) is -0.0651. The minimum atomic E-state index is -0.136. The summed E-state index contributed by atoms with van der Waals surface area (Å²) in [5.41, 5.74) is 0.604. The van der Waals surface area contributed by atoms with Gasteiger partial charge in [-0.1, -0.05) is 41.0 Å². The van der Waals surface area contributed by atoms with Crippen molar-refractivity contribution in [1.29, 1.82) is 0 Å². The molecule has 0 unspecified atom stereocenters. The third kappa shape index (κ3) is 3.04. The molecule has 1 saturated heterocycles. The molecule has 0 spiro atoms. The van der Waals surface area contributed by atoms with Gasteiger partial charge in [0, 0.05) is 5.56 Å². The van der Waals surface area contributed by atoms with E-state index in [0.717, 1.165) is 0 Å². The third-order valence-corrected chi connectivity index (χ3v) is 3.86. The number of halogens is 2. The van der Waals surface area contributed by atoms with E-state index in [1.165, 1.54) is 18.0 Å². The lowest BCUT2D eigenvalue weighted by atomic mass is 10.2. The van der Waals surface area contributed by atoms with Gasteiger partial charge in [-0.15, -0.1) is 5.10 Å². The van der Waals surface area contributed by atoms with Gasteiger partial charge in [-0.25, -0.2) is 0 Å². The predicted molar refractivity (Wildman–Crippen MR) is 76.7 cm³/mol. The van der Waals surface area contributed by atoms with Crippen LogP contribution in [0.15, 0.2) is 28.4 Å². The Bertz CT molecular complexity index is 525. The predicted octanol–water partition coefficient (Wildman–Crippen LogP) is 2.93. The fourth-order valence-electron chi connectivity index (χ4n) is 1.28. The number of nitrogens with one attached hydrogen (secondary N) is 1. The molecule has 0 radical (unpaired) electrons. The van der Waals surface area contributed by atoms with Crippen LogP contribution in [0.25, 0.3) is 0 Å². The summed E-state index contributed by atoms with van der Waals surface area (Å²) < 4.78 is 0. The van der Waals surface area contributed by atoms with Crippen molar-refractivity contribution in [1.82, 2.24) is 5.32 Å². The fourth-order valence-corrected chi connectivity index (χ4v) is 2.53. The van der Waals surface area contributed by atoms with Crippen LogP contribution >= 0.6 is 35.0 Å². The van der Waals surface area contributed by atoms with Crippen molar-refractivity contribution in [3.63, 3.8) is 0 Å². The van der Waals surface area contributed by atoms with Crippen LogP contribution in [0.1, 0.15) is 12.5 Å². The minimum absolute atomic E-state index is 0.0651. The highest BCUT2D eigenvalue weighted by molar-refractivity contribution is 8.15. The smallest absolute Gasteiger partial charge is 0.239 e. The zero-order valence-corrected chi connectivity index (χ0v) is 11.7. The average molecular weight is 302 g/mol. The Morgan fingerprint density at radius 1 is 1.39 bits per heavy atom. The second-order valence-electron chi connectivity index (χ2n) is 3.53. The highest BCUT2D eigenvalue weighted by Gasteiger charge is 2.25. The third-order valence-electron chi connectivity index (χ3n) is 2.22. The fraction of sp³-hybridized carbons (Fsp3) is 0.182. The molecule has 1 aliphatic rings. The van der Waals surface area contributed by atoms with Gasteiger partial charge in [0.2, 0.25) is 5.91 Å². The maximum atomic E-state index is 11.2. The molecule has 1 heterocycles. The average Bonchev–Trinajstić information content (AvgIpc) is 2.62. The molecule has 94 valence electrons. The van der Waals surface area contributed by atoms with E-state index in [2.05, 4.69) is 15.5 Å². The number of benzene rings is 1. The van der Waals surface area contributed by atoms with Crippen LogP contribution in [0, 0.1) is 0 Å². The van der Waals surface area contributed by atoms with Crippen molar-refractivity contribution in [2.24, 2.45) is 10.2 Å². The van der Waals surface area contributed by atoms with E-state index in [1.807, 2.05) is 0 Å². The summed E-state index contributed by atoms with van der Waals surface area (Å²) in [6.45, 7) is 1.80. The molecule has 2 rings (SSSR count). The molecule has 1 fully saturated rings. The molecule has 1 N–H and O–H groups in total. The Hall–Kier alpha value is -1.04. The highest BCUT2D eigenvalue weighted by Crippen LogP contribution is 2.22. The lowest BCUT2D eigenvalue weighted by molar-refractivity contribution is -0.118. The normalized spacial score (nSPS) is 21.8. The first-order chi connectivity index (χ1) is 8.58. The standard InChI is InChI=1S/C11H9Cl2N3OS/c1-6-10(17)15-11(18-6)16-14-5-7-8(12)3-2-4-9(7)13/h2-6H,1H3,(H,15,16,17)/b14-5-/t6-/m1/s1. The minimum Gasteiger partial charge on any atom is -0.303 e. The van der Waals surface area contributed by atoms with Gasteiger partial charge in [0.1, 0.15) is 0 Å². The van der Waals surface area contributed by atoms with Crippen LogP contribution in [0.2, 0.25) is 10.0 Å². The van der Waals surface area contributed by atoms with Crippen LogP contribution in [-0.2, 0) is 4.79 Å². The Balaban J connectivity index is 2.13. The molecule has 1 amide bonds. The van der Waals surface area contributed by atoms with Crippen molar-refractivity contribution in [3.05, 3.63) is 33.8 Å². The van der Waals surface area contributed by atoms with Crippen molar-refractivity contribution >= 4 is 52.3 Å². The van der Waals surface area contributed by atoms with E-state index in [-0.39, 0.29) is 11.2 Å². The SMILES string of the molecule is C[C@H]1S/C(=N\N=C/c2c(Cl)cccc2Cl)NC1=O. The topological polar surface area (TPSA) is 53.8 Å². The van der Waals surface area contributed by atoms with E-state index >= 15 is 0 Å². The Kier molecular flexibility index (Phi) is 4.27. The number of rotatable bonds is 2. The number of amides is 1. The molecule has 0 bridgehead atoms. The molecule has 7 heteroatoms. The van der Waals surface area contributed by atoms with Gasteiger partial charge in [0.25, 0.3) is 0 Å². The quantitative estimate of drug-likeness (QED) is 0.674.